The summed E-state index contributed by atoms with van der Waals surface area (Å²) in [6.07, 6.45) is 3.43. The lowest BCUT2D eigenvalue weighted by atomic mass is 9.96. The predicted molar refractivity (Wildman–Crippen MR) is 130 cm³/mol. The number of benzene rings is 2. The van der Waals surface area contributed by atoms with Gasteiger partial charge in [0.2, 0.25) is 0 Å². The standard InChI is InChI=1S/C26H17Cl2N3O/c27-24-19-14-17(9-10-21(19)31-26(28)23(24)16-6-2-1-3-7-16)18-11-13-30-25(20(18)15-32)22-8-4-5-12-29-22/h1-14,32H,15H2. The van der Waals surface area contributed by atoms with Crippen LogP contribution in [-0.4, -0.2) is 20.1 Å². The van der Waals surface area contributed by atoms with Crippen LogP contribution >= 0.6 is 23.2 Å². The van der Waals surface area contributed by atoms with Gasteiger partial charge in [-0.1, -0.05) is 65.7 Å². The van der Waals surface area contributed by atoms with E-state index in [0.717, 1.165) is 22.1 Å². The molecule has 0 saturated heterocycles. The van der Waals surface area contributed by atoms with E-state index in [1.807, 2.05) is 72.8 Å². The molecule has 0 atom stereocenters. The summed E-state index contributed by atoms with van der Waals surface area (Å²) in [5.74, 6) is 0. The maximum atomic E-state index is 10.2. The molecule has 0 amide bonds. The van der Waals surface area contributed by atoms with Crippen LogP contribution in [0.3, 0.4) is 0 Å². The smallest absolute Gasteiger partial charge is 0.139 e. The molecule has 5 aromatic rings. The normalized spacial score (nSPS) is 11.1. The average Bonchev–Trinajstić information content (AvgIpc) is 2.84. The summed E-state index contributed by atoms with van der Waals surface area (Å²) < 4.78 is 0. The van der Waals surface area contributed by atoms with Crippen molar-refractivity contribution in [3.05, 3.63) is 101 Å². The van der Waals surface area contributed by atoms with Gasteiger partial charge in [-0.15, -0.1) is 0 Å². The van der Waals surface area contributed by atoms with Crippen LogP contribution in [0, 0.1) is 0 Å². The molecule has 3 heterocycles. The highest BCUT2D eigenvalue weighted by atomic mass is 35.5. The molecule has 2 aromatic carbocycles. The lowest BCUT2D eigenvalue weighted by molar-refractivity contribution is 0.282. The molecule has 32 heavy (non-hydrogen) atoms. The number of aromatic nitrogens is 3. The van der Waals surface area contributed by atoms with E-state index < -0.39 is 0 Å². The van der Waals surface area contributed by atoms with Crippen molar-refractivity contribution >= 4 is 34.1 Å². The Morgan fingerprint density at radius 3 is 2.34 bits per heavy atom. The van der Waals surface area contributed by atoms with Crippen LogP contribution in [0.4, 0.5) is 0 Å². The fourth-order valence-corrected chi connectivity index (χ4v) is 4.55. The highest BCUT2D eigenvalue weighted by Gasteiger charge is 2.17. The van der Waals surface area contributed by atoms with Gasteiger partial charge in [-0.3, -0.25) is 9.97 Å². The Bertz CT molecular complexity index is 1420. The Balaban J connectivity index is 1.71. The number of halogens is 2. The van der Waals surface area contributed by atoms with Crippen LogP contribution in [0.25, 0.3) is 44.5 Å². The lowest BCUT2D eigenvalue weighted by Gasteiger charge is -2.14. The second-order valence-electron chi connectivity index (χ2n) is 7.25. The molecule has 0 bridgehead atoms. The Morgan fingerprint density at radius 2 is 1.59 bits per heavy atom. The molecular weight excluding hydrogens is 441 g/mol. The Hall–Kier alpha value is -3.31. The van der Waals surface area contributed by atoms with E-state index in [9.17, 15) is 5.11 Å². The van der Waals surface area contributed by atoms with E-state index in [1.54, 1.807) is 12.4 Å². The van der Waals surface area contributed by atoms with E-state index in [4.69, 9.17) is 23.2 Å². The summed E-state index contributed by atoms with van der Waals surface area (Å²) in [4.78, 5) is 13.4. The van der Waals surface area contributed by atoms with Crippen molar-refractivity contribution in [2.75, 3.05) is 0 Å². The van der Waals surface area contributed by atoms with Crippen LogP contribution in [0.5, 0.6) is 0 Å². The first kappa shape index (κ1) is 20.6. The summed E-state index contributed by atoms with van der Waals surface area (Å²) in [5, 5.41) is 11.9. The van der Waals surface area contributed by atoms with Crippen LogP contribution in [-0.2, 0) is 6.61 Å². The molecule has 156 valence electrons. The molecule has 0 aliphatic carbocycles. The fourth-order valence-electron chi connectivity index (χ4n) is 3.86. The molecule has 5 rings (SSSR count). The number of aliphatic hydroxyl groups is 1. The molecule has 0 fully saturated rings. The number of fused-ring (bicyclic) bond motifs is 1. The highest BCUT2D eigenvalue weighted by Crippen LogP contribution is 2.40. The number of hydrogen-bond donors (Lipinski definition) is 1. The van der Waals surface area contributed by atoms with Gasteiger partial charge in [0.25, 0.3) is 0 Å². The van der Waals surface area contributed by atoms with Gasteiger partial charge in [0, 0.05) is 28.9 Å². The van der Waals surface area contributed by atoms with Gasteiger partial charge >= 0.3 is 0 Å². The molecule has 1 N–H and O–H groups in total. The van der Waals surface area contributed by atoms with Crippen LogP contribution in [0.1, 0.15) is 5.56 Å². The number of aliphatic hydroxyl groups excluding tert-OH is 1. The molecule has 3 aromatic heterocycles. The second-order valence-corrected chi connectivity index (χ2v) is 7.98. The molecule has 0 aliphatic heterocycles. The summed E-state index contributed by atoms with van der Waals surface area (Å²) >= 11 is 13.3. The van der Waals surface area contributed by atoms with Crippen molar-refractivity contribution < 1.29 is 5.11 Å². The Morgan fingerprint density at radius 1 is 0.781 bits per heavy atom. The van der Waals surface area contributed by atoms with Crippen molar-refractivity contribution in [2.45, 2.75) is 6.61 Å². The van der Waals surface area contributed by atoms with Gasteiger partial charge in [0.05, 0.1) is 28.5 Å². The van der Waals surface area contributed by atoms with Crippen molar-refractivity contribution in [3.63, 3.8) is 0 Å². The molecule has 0 radical (unpaired) electrons. The first-order valence-electron chi connectivity index (χ1n) is 10.0. The third-order valence-electron chi connectivity index (χ3n) is 5.37. The molecule has 0 saturated carbocycles. The van der Waals surface area contributed by atoms with Gasteiger partial charge in [-0.05, 0) is 47.0 Å². The predicted octanol–water partition coefficient (Wildman–Crippen LogP) is 6.82. The van der Waals surface area contributed by atoms with E-state index in [2.05, 4.69) is 15.0 Å². The van der Waals surface area contributed by atoms with Crippen LogP contribution < -0.4 is 0 Å². The SMILES string of the molecule is OCc1c(-c2ccc3nc(Cl)c(-c4ccccc4)c(Cl)c3c2)ccnc1-c1ccccn1. The second kappa shape index (κ2) is 8.67. The first-order chi connectivity index (χ1) is 15.7. The van der Waals surface area contributed by atoms with Crippen LogP contribution in [0.15, 0.2) is 85.2 Å². The molecular formula is C26H17Cl2N3O. The van der Waals surface area contributed by atoms with E-state index in [0.29, 0.717) is 38.2 Å². The Kier molecular flexibility index (Phi) is 5.58. The minimum Gasteiger partial charge on any atom is -0.392 e. The van der Waals surface area contributed by atoms with Crippen LogP contribution in [0.2, 0.25) is 10.2 Å². The number of hydrogen-bond acceptors (Lipinski definition) is 4. The quantitative estimate of drug-likeness (QED) is 0.300. The summed E-state index contributed by atoms with van der Waals surface area (Å²) in [6, 6.07) is 23.0. The lowest BCUT2D eigenvalue weighted by Crippen LogP contribution is -1.98. The summed E-state index contributed by atoms with van der Waals surface area (Å²) in [6.45, 7) is -0.172. The molecule has 6 heteroatoms. The van der Waals surface area contributed by atoms with Crippen molar-refractivity contribution in [1.82, 2.24) is 15.0 Å². The summed E-state index contributed by atoms with van der Waals surface area (Å²) in [5.41, 5.74) is 6.11. The van der Waals surface area contributed by atoms with Gasteiger partial charge in [0.1, 0.15) is 5.15 Å². The maximum Gasteiger partial charge on any atom is 0.139 e. The fraction of sp³-hybridized carbons (Fsp3) is 0.0385. The van der Waals surface area contributed by atoms with E-state index in [1.165, 1.54) is 0 Å². The third kappa shape index (κ3) is 3.63. The van der Waals surface area contributed by atoms with E-state index in [-0.39, 0.29) is 6.61 Å². The van der Waals surface area contributed by atoms with Gasteiger partial charge < -0.3 is 5.11 Å². The minimum absolute atomic E-state index is 0.172. The van der Waals surface area contributed by atoms with Crippen molar-refractivity contribution in [1.29, 1.82) is 0 Å². The summed E-state index contributed by atoms with van der Waals surface area (Å²) in [7, 11) is 0. The minimum atomic E-state index is -0.172. The maximum absolute atomic E-state index is 10.2. The zero-order valence-corrected chi connectivity index (χ0v) is 18.3. The molecule has 0 unspecified atom stereocenters. The third-order valence-corrected chi connectivity index (χ3v) is 6.04. The monoisotopic (exact) mass is 457 g/mol. The zero-order chi connectivity index (χ0) is 22.1. The molecule has 0 spiro atoms. The van der Waals surface area contributed by atoms with E-state index >= 15 is 0 Å². The highest BCUT2D eigenvalue weighted by molar-refractivity contribution is 6.42. The number of nitrogens with zero attached hydrogens (tertiary/aromatic N) is 3. The van der Waals surface area contributed by atoms with Gasteiger partial charge in [-0.25, -0.2) is 4.98 Å². The van der Waals surface area contributed by atoms with Gasteiger partial charge in [-0.2, -0.15) is 0 Å². The largest absolute Gasteiger partial charge is 0.392 e. The Labute approximate surface area is 195 Å². The molecule has 4 nitrogen and oxygen atoms in total. The van der Waals surface area contributed by atoms with Crippen molar-refractivity contribution in [3.8, 4) is 33.6 Å². The molecule has 0 aliphatic rings. The topological polar surface area (TPSA) is 58.9 Å². The number of rotatable bonds is 4. The van der Waals surface area contributed by atoms with Crippen molar-refractivity contribution in [2.24, 2.45) is 0 Å². The zero-order valence-electron chi connectivity index (χ0n) is 16.8. The average molecular weight is 458 g/mol. The van der Waals surface area contributed by atoms with Gasteiger partial charge in [0.15, 0.2) is 0 Å². The number of pyridine rings is 3. The first-order valence-corrected chi connectivity index (χ1v) is 10.8.